The number of halogens is 1. The predicted octanol–water partition coefficient (Wildman–Crippen LogP) is 2.78. The van der Waals surface area contributed by atoms with Crippen LogP contribution in [0.4, 0.5) is 0 Å². The summed E-state index contributed by atoms with van der Waals surface area (Å²) >= 11 is 11.2. The van der Waals surface area contributed by atoms with Gasteiger partial charge >= 0.3 is 0 Å². The minimum Gasteiger partial charge on any atom is -0.389 e. The van der Waals surface area contributed by atoms with Crippen molar-refractivity contribution in [3.63, 3.8) is 0 Å². The molecule has 1 aromatic heterocycles. The van der Waals surface area contributed by atoms with Gasteiger partial charge in [0.1, 0.15) is 4.99 Å². The second kappa shape index (κ2) is 4.47. The number of hydrogen-bond acceptors (Lipinski definition) is 2. The lowest BCUT2D eigenvalue weighted by molar-refractivity contribution is 0.832. The molecule has 0 saturated heterocycles. The van der Waals surface area contributed by atoms with Crippen molar-refractivity contribution < 1.29 is 0 Å². The first-order chi connectivity index (χ1) is 8.02. The number of thiocarbonyl (C=S) groups is 1. The molecule has 2 aromatic rings. The first-order valence-corrected chi connectivity index (χ1v) is 5.92. The minimum atomic E-state index is 0.351. The van der Waals surface area contributed by atoms with E-state index in [4.69, 9.17) is 29.6 Å². The van der Waals surface area contributed by atoms with Crippen LogP contribution >= 0.6 is 23.8 Å². The summed E-state index contributed by atoms with van der Waals surface area (Å²) in [5.74, 6) is 0. The molecule has 3 nitrogen and oxygen atoms in total. The molecule has 0 spiro atoms. The van der Waals surface area contributed by atoms with E-state index in [1.54, 1.807) is 4.68 Å². The molecule has 5 heteroatoms. The molecule has 1 aromatic carbocycles. The third kappa shape index (κ3) is 2.06. The SMILES string of the molecule is Cc1nn(-c2ccccc2C(N)=S)c(C)c1Cl. The fraction of sp³-hybridized carbons (Fsp3) is 0.167. The maximum Gasteiger partial charge on any atom is 0.106 e. The normalized spacial score (nSPS) is 10.5. The lowest BCUT2D eigenvalue weighted by Crippen LogP contribution is -2.14. The average molecular weight is 266 g/mol. The first kappa shape index (κ1) is 12.1. The number of aromatic nitrogens is 2. The van der Waals surface area contributed by atoms with E-state index in [2.05, 4.69) is 5.10 Å². The van der Waals surface area contributed by atoms with Crippen LogP contribution in [-0.4, -0.2) is 14.8 Å². The van der Waals surface area contributed by atoms with Crippen molar-refractivity contribution in [1.29, 1.82) is 0 Å². The Hall–Kier alpha value is -1.39. The Kier molecular flexibility index (Phi) is 3.17. The zero-order chi connectivity index (χ0) is 12.6. The molecule has 0 saturated carbocycles. The zero-order valence-electron chi connectivity index (χ0n) is 9.57. The number of rotatable bonds is 2. The Balaban J connectivity index is 2.68. The summed E-state index contributed by atoms with van der Waals surface area (Å²) < 4.78 is 1.77. The van der Waals surface area contributed by atoms with Gasteiger partial charge in [0.15, 0.2) is 0 Å². The predicted molar refractivity (Wildman–Crippen MR) is 73.9 cm³/mol. The highest BCUT2D eigenvalue weighted by Gasteiger charge is 2.13. The molecule has 2 N–H and O–H groups in total. The van der Waals surface area contributed by atoms with Gasteiger partial charge in [0, 0.05) is 5.56 Å². The number of benzene rings is 1. The van der Waals surface area contributed by atoms with Crippen LogP contribution in [0.15, 0.2) is 24.3 Å². The highest BCUT2D eigenvalue weighted by molar-refractivity contribution is 7.80. The van der Waals surface area contributed by atoms with Gasteiger partial charge in [-0.3, -0.25) is 0 Å². The van der Waals surface area contributed by atoms with Crippen molar-refractivity contribution in [3.05, 3.63) is 46.2 Å². The fourth-order valence-corrected chi connectivity index (χ4v) is 2.02. The van der Waals surface area contributed by atoms with Crippen molar-refractivity contribution in [2.75, 3.05) is 0 Å². The Morgan fingerprint density at radius 2 is 2.00 bits per heavy atom. The Morgan fingerprint density at radius 1 is 1.35 bits per heavy atom. The third-order valence-electron chi connectivity index (χ3n) is 2.60. The van der Waals surface area contributed by atoms with Gasteiger partial charge in [-0.15, -0.1) is 0 Å². The Morgan fingerprint density at radius 3 is 2.53 bits per heavy atom. The molecule has 0 bridgehead atoms. The van der Waals surface area contributed by atoms with Crippen molar-refractivity contribution >= 4 is 28.8 Å². The molecular weight excluding hydrogens is 254 g/mol. The lowest BCUT2D eigenvalue weighted by Gasteiger charge is -2.09. The molecule has 0 atom stereocenters. The number of aryl methyl sites for hydroxylation is 1. The number of para-hydroxylation sites is 1. The maximum absolute atomic E-state index is 6.13. The van der Waals surface area contributed by atoms with Gasteiger partial charge < -0.3 is 5.73 Å². The van der Waals surface area contributed by atoms with E-state index in [9.17, 15) is 0 Å². The van der Waals surface area contributed by atoms with Crippen LogP contribution in [0, 0.1) is 13.8 Å². The Bertz CT molecular complexity index is 589. The molecule has 88 valence electrons. The summed E-state index contributed by atoms with van der Waals surface area (Å²) in [7, 11) is 0. The van der Waals surface area contributed by atoms with Gasteiger partial charge in [-0.05, 0) is 26.0 Å². The highest BCUT2D eigenvalue weighted by atomic mass is 35.5. The largest absolute Gasteiger partial charge is 0.389 e. The fourth-order valence-electron chi connectivity index (χ4n) is 1.72. The summed E-state index contributed by atoms with van der Waals surface area (Å²) in [6.45, 7) is 3.79. The van der Waals surface area contributed by atoms with Crippen molar-refractivity contribution in [1.82, 2.24) is 9.78 Å². The number of nitrogens with two attached hydrogens (primary N) is 1. The topological polar surface area (TPSA) is 43.8 Å². The lowest BCUT2D eigenvalue weighted by atomic mass is 10.2. The summed E-state index contributed by atoms with van der Waals surface area (Å²) in [6, 6.07) is 7.61. The highest BCUT2D eigenvalue weighted by Crippen LogP contribution is 2.24. The molecule has 0 fully saturated rings. The first-order valence-electron chi connectivity index (χ1n) is 5.13. The van der Waals surface area contributed by atoms with Crippen LogP contribution in [-0.2, 0) is 0 Å². The smallest absolute Gasteiger partial charge is 0.106 e. The van der Waals surface area contributed by atoms with Crippen LogP contribution in [0.1, 0.15) is 17.0 Å². The zero-order valence-corrected chi connectivity index (χ0v) is 11.1. The number of nitrogens with zero attached hydrogens (tertiary/aromatic N) is 2. The van der Waals surface area contributed by atoms with E-state index in [1.807, 2.05) is 38.1 Å². The molecule has 0 amide bonds. The van der Waals surface area contributed by atoms with Crippen LogP contribution in [0.25, 0.3) is 5.69 Å². The van der Waals surface area contributed by atoms with Gasteiger partial charge in [0.25, 0.3) is 0 Å². The average Bonchev–Trinajstić information content (AvgIpc) is 2.57. The van der Waals surface area contributed by atoms with Gasteiger partial charge in [0.2, 0.25) is 0 Å². The van der Waals surface area contributed by atoms with E-state index in [-0.39, 0.29) is 0 Å². The summed E-state index contributed by atoms with van der Waals surface area (Å²) in [6.07, 6.45) is 0. The van der Waals surface area contributed by atoms with Crippen LogP contribution in [0.2, 0.25) is 5.02 Å². The molecule has 0 aliphatic rings. The van der Waals surface area contributed by atoms with E-state index >= 15 is 0 Å². The van der Waals surface area contributed by atoms with Gasteiger partial charge in [-0.25, -0.2) is 4.68 Å². The number of hydrogen-bond donors (Lipinski definition) is 1. The van der Waals surface area contributed by atoms with E-state index in [0.717, 1.165) is 22.6 Å². The van der Waals surface area contributed by atoms with Gasteiger partial charge in [-0.1, -0.05) is 36.0 Å². The van der Waals surface area contributed by atoms with Crippen LogP contribution in [0.3, 0.4) is 0 Å². The quantitative estimate of drug-likeness (QED) is 0.850. The molecule has 17 heavy (non-hydrogen) atoms. The van der Waals surface area contributed by atoms with Crippen molar-refractivity contribution in [2.24, 2.45) is 5.73 Å². The molecular formula is C12H12ClN3S. The van der Waals surface area contributed by atoms with Crippen LogP contribution in [0.5, 0.6) is 0 Å². The molecule has 2 rings (SSSR count). The van der Waals surface area contributed by atoms with E-state index in [0.29, 0.717) is 10.0 Å². The third-order valence-corrected chi connectivity index (χ3v) is 3.37. The van der Waals surface area contributed by atoms with E-state index in [1.165, 1.54) is 0 Å². The van der Waals surface area contributed by atoms with E-state index < -0.39 is 0 Å². The summed E-state index contributed by atoms with van der Waals surface area (Å²) in [5.41, 5.74) is 9.03. The maximum atomic E-state index is 6.13. The van der Waals surface area contributed by atoms with Crippen LogP contribution < -0.4 is 5.73 Å². The molecule has 0 aliphatic heterocycles. The summed E-state index contributed by atoms with van der Waals surface area (Å²) in [4.78, 5) is 0.351. The molecule has 0 unspecified atom stereocenters. The van der Waals surface area contributed by atoms with Gasteiger partial charge in [-0.2, -0.15) is 5.10 Å². The molecule has 0 aliphatic carbocycles. The minimum absolute atomic E-state index is 0.351. The second-order valence-corrected chi connectivity index (χ2v) is 4.60. The van der Waals surface area contributed by atoms with Gasteiger partial charge in [0.05, 0.1) is 22.1 Å². The standard InChI is InChI=1S/C12H12ClN3S/c1-7-11(13)8(2)16(15-7)10-6-4-3-5-9(10)12(14)17/h3-6H,1-2H3,(H2,14,17). The second-order valence-electron chi connectivity index (χ2n) is 3.78. The monoisotopic (exact) mass is 265 g/mol. The molecule has 0 radical (unpaired) electrons. The molecule has 1 heterocycles. The Labute approximate surface area is 110 Å². The van der Waals surface area contributed by atoms with Crippen molar-refractivity contribution in [2.45, 2.75) is 13.8 Å². The van der Waals surface area contributed by atoms with Crippen molar-refractivity contribution in [3.8, 4) is 5.69 Å². The summed E-state index contributed by atoms with van der Waals surface area (Å²) in [5, 5.41) is 5.06.